The van der Waals surface area contributed by atoms with Gasteiger partial charge in [-0.2, -0.15) is 0 Å². The van der Waals surface area contributed by atoms with Crippen molar-refractivity contribution in [2.75, 3.05) is 27.9 Å². The zero-order valence-corrected chi connectivity index (χ0v) is 32.1. The van der Waals surface area contributed by atoms with Crippen molar-refractivity contribution in [2.45, 2.75) is 91.1 Å². The summed E-state index contributed by atoms with van der Waals surface area (Å²) in [6, 6.07) is 23.7. The molecule has 3 amide bonds. The van der Waals surface area contributed by atoms with Crippen LogP contribution >= 0.6 is 0 Å². The molecular formula is C41H58N4O7. The van der Waals surface area contributed by atoms with Crippen LogP contribution in [0.1, 0.15) is 59.1 Å². The van der Waals surface area contributed by atoms with Crippen molar-refractivity contribution in [3.05, 3.63) is 90.0 Å². The summed E-state index contributed by atoms with van der Waals surface area (Å²) in [7, 11) is 4.23. The highest BCUT2D eigenvalue weighted by molar-refractivity contribution is 5.86. The number of methoxy groups -OCH3 is 3. The summed E-state index contributed by atoms with van der Waals surface area (Å²) in [6.45, 7) is 12.0. The van der Waals surface area contributed by atoms with Crippen LogP contribution in [-0.2, 0) is 27.1 Å². The monoisotopic (exact) mass is 718 g/mol. The molecule has 0 fully saturated rings. The lowest BCUT2D eigenvalue weighted by Gasteiger charge is -2.35. The number of hydrogen-bond donors (Lipinski definition) is 5. The molecule has 11 heteroatoms. The molecule has 3 aromatic carbocycles. The summed E-state index contributed by atoms with van der Waals surface area (Å²) in [6.07, 6.45) is -1.02. The van der Waals surface area contributed by atoms with E-state index in [0.717, 1.165) is 28.0 Å². The van der Waals surface area contributed by atoms with Crippen LogP contribution < -0.4 is 26.0 Å². The third-order valence-electron chi connectivity index (χ3n) is 9.18. The Morgan fingerprint density at radius 1 is 0.673 bits per heavy atom. The zero-order chi connectivity index (χ0) is 38.5. The van der Waals surface area contributed by atoms with E-state index in [4.69, 9.17) is 14.2 Å². The van der Waals surface area contributed by atoms with Gasteiger partial charge in [-0.1, -0.05) is 108 Å². The van der Waals surface area contributed by atoms with Crippen molar-refractivity contribution < 1.29 is 33.7 Å². The quantitative estimate of drug-likeness (QED) is 0.123. The maximum atomic E-state index is 13.8. The molecule has 5 atom stereocenters. The molecule has 0 bridgehead atoms. The molecule has 0 saturated carbocycles. The van der Waals surface area contributed by atoms with Crippen LogP contribution in [0, 0.1) is 10.8 Å². The lowest BCUT2D eigenvalue weighted by atomic mass is 9.85. The number of amides is 3. The zero-order valence-electron chi connectivity index (χ0n) is 32.1. The second-order valence-corrected chi connectivity index (χ2v) is 15.3. The Labute approximate surface area is 309 Å². The highest BCUT2D eigenvalue weighted by Crippen LogP contribution is 2.25. The predicted molar refractivity (Wildman–Crippen MR) is 204 cm³/mol. The van der Waals surface area contributed by atoms with Gasteiger partial charge in [-0.3, -0.25) is 4.79 Å². The molecule has 0 aliphatic heterocycles. The molecular weight excluding hydrogens is 660 g/mol. The summed E-state index contributed by atoms with van der Waals surface area (Å²) in [5, 5.41) is 24.3. The van der Waals surface area contributed by atoms with Gasteiger partial charge in [-0.05, 0) is 64.5 Å². The first kappa shape index (κ1) is 41.8. The number of hydrogen-bond acceptors (Lipinski definition) is 8. The van der Waals surface area contributed by atoms with Crippen LogP contribution in [0.3, 0.4) is 0 Å². The highest BCUT2D eigenvalue weighted by Gasteiger charge is 2.35. The van der Waals surface area contributed by atoms with E-state index in [1.54, 1.807) is 7.11 Å². The lowest BCUT2D eigenvalue weighted by Crippen LogP contribution is -2.57. The molecule has 52 heavy (non-hydrogen) atoms. The fourth-order valence-corrected chi connectivity index (χ4v) is 5.94. The fraction of sp³-hybridized carbons (Fsp3) is 0.488. The van der Waals surface area contributed by atoms with Gasteiger partial charge in [-0.15, -0.1) is 0 Å². The molecule has 5 N–H and O–H groups in total. The number of rotatable bonds is 16. The van der Waals surface area contributed by atoms with Crippen molar-refractivity contribution in [1.82, 2.24) is 21.3 Å². The van der Waals surface area contributed by atoms with Gasteiger partial charge in [0.2, 0.25) is 5.91 Å². The summed E-state index contributed by atoms with van der Waals surface area (Å²) in [5.74, 6) is 0.411. The molecule has 0 unspecified atom stereocenters. The number of carbonyl (C=O) groups excluding carboxylic acids is 3. The van der Waals surface area contributed by atoms with Crippen LogP contribution in [0.25, 0.3) is 11.1 Å². The second kappa shape index (κ2) is 19.3. The first-order valence-corrected chi connectivity index (χ1v) is 17.7. The molecule has 0 aromatic heterocycles. The summed E-state index contributed by atoms with van der Waals surface area (Å²) >= 11 is 0. The first-order chi connectivity index (χ1) is 24.5. The van der Waals surface area contributed by atoms with Gasteiger partial charge in [0.25, 0.3) is 0 Å². The van der Waals surface area contributed by atoms with E-state index in [9.17, 15) is 19.5 Å². The lowest BCUT2D eigenvalue weighted by molar-refractivity contribution is -0.126. The molecule has 0 heterocycles. The normalized spacial score (nSPS) is 14.6. The topological polar surface area (TPSA) is 147 Å². The molecule has 0 saturated heterocycles. The smallest absolute Gasteiger partial charge is 0.407 e. The third-order valence-corrected chi connectivity index (χ3v) is 9.18. The number of nitrogens with one attached hydrogen (secondary N) is 4. The number of alkyl carbamates (subject to hydrolysis) is 2. The van der Waals surface area contributed by atoms with E-state index < -0.39 is 41.8 Å². The Balaban J connectivity index is 1.92. The predicted octanol–water partition coefficient (Wildman–Crippen LogP) is 5.88. The molecule has 3 aromatic rings. The number of benzene rings is 3. The maximum absolute atomic E-state index is 13.8. The average molecular weight is 719 g/mol. The SMILES string of the molecule is COC(=O)N[C@H](C(=O)N[C@@H](Cc1ccccc1)C[C@H](O)[C@H](Cc1ccc(-c2ccc(OC)cc2)cc1)NC[C@@H](NC(=O)OC)C(C)(C)C)C(C)(C)C. The highest BCUT2D eigenvalue weighted by atomic mass is 16.5. The molecule has 0 aliphatic rings. The molecule has 0 aliphatic carbocycles. The van der Waals surface area contributed by atoms with Gasteiger partial charge in [0.05, 0.1) is 27.4 Å². The minimum atomic E-state index is -0.921. The van der Waals surface area contributed by atoms with Gasteiger partial charge in [-0.25, -0.2) is 9.59 Å². The standard InChI is InChI=1S/C41H58N4O7/c1-40(2,3)35(44-38(48)51-8)26-42-33(24-28-15-17-29(18-16-28)30-19-21-32(50-7)22-20-30)34(46)25-31(23-27-13-11-10-12-14-27)43-37(47)36(41(4,5)6)45-39(49)52-9/h10-22,31,33-36,42,46H,23-26H2,1-9H3,(H,43,47)(H,44,48)(H,45,49)/t31-,33-,34-,35+,36+/m0/s1. The Hall–Kier alpha value is -4.61. The summed E-state index contributed by atoms with van der Waals surface area (Å²) < 4.78 is 15.0. The number of carbonyl (C=O) groups is 3. The van der Waals surface area contributed by atoms with Crippen LogP contribution in [0.5, 0.6) is 5.75 Å². The van der Waals surface area contributed by atoms with Gasteiger partial charge >= 0.3 is 12.2 Å². The van der Waals surface area contributed by atoms with Crippen LogP contribution in [-0.4, -0.2) is 81.3 Å². The van der Waals surface area contributed by atoms with Crippen LogP contribution in [0.4, 0.5) is 9.59 Å². The van der Waals surface area contributed by atoms with Crippen molar-refractivity contribution in [2.24, 2.45) is 10.8 Å². The van der Waals surface area contributed by atoms with Gasteiger partial charge < -0.3 is 40.6 Å². The first-order valence-electron chi connectivity index (χ1n) is 17.7. The van der Waals surface area contributed by atoms with Crippen LogP contribution in [0.15, 0.2) is 78.9 Å². The minimum absolute atomic E-state index is 0.210. The Bertz CT molecular complexity index is 1550. The molecule has 284 valence electrons. The molecule has 11 nitrogen and oxygen atoms in total. The Morgan fingerprint density at radius 3 is 1.73 bits per heavy atom. The third kappa shape index (κ3) is 13.2. The minimum Gasteiger partial charge on any atom is -0.497 e. The van der Waals surface area contributed by atoms with E-state index >= 15 is 0 Å². The number of aliphatic hydroxyl groups is 1. The van der Waals surface area contributed by atoms with Gasteiger partial charge in [0.1, 0.15) is 11.8 Å². The van der Waals surface area contributed by atoms with E-state index in [2.05, 4.69) is 33.4 Å². The van der Waals surface area contributed by atoms with Crippen molar-refractivity contribution in [3.8, 4) is 16.9 Å². The van der Waals surface area contributed by atoms with E-state index in [1.165, 1.54) is 14.2 Å². The summed E-state index contributed by atoms with van der Waals surface area (Å²) in [5.41, 5.74) is 3.15. The largest absolute Gasteiger partial charge is 0.497 e. The second-order valence-electron chi connectivity index (χ2n) is 15.3. The molecule has 0 spiro atoms. The van der Waals surface area contributed by atoms with Gasteiger partial charge in [0, 0.05) is 24.7 Å². The number of aliphatic hydroxyl groups excluding tert-OH is 1. The van der Waals surface area contributed by atoms with E-state index in [-0.39, 0.29) is 23.8 Å². The molecule has 3 rings (SSSR count). The Morgan fingerprint density at radius 2 is 1.21 bits per heavy atom. The van der Waals surface area contributed by atoms with Gasteiger partial charge in [0.15, 0.2) is 0 Å². The van der Waals surface area contributed by atoms with E-state index in [0.29, 0.717) is 19.4 Å². The fourth-order valence-electron chi connectivity index (χ4n) is 5.94. The molecule has 0 radical (unpaired) electrons. The van der Waals surface area contributed by atoms with Crippen molar-refractivity contribution >= 4 is 18.1 Å². The van der Waals surface area contributed by atoms with Crippen molar-refractivity contribution in [3.63, 3.8) is 0 Å². The maximum Gasteiger partial charge on any atom is 0.407 e. The average Bonchev–Trinajstić information content (AvgIpc) is 3.11. The number of ether oxygens (including phenoxy) is 3. The summed E-state index contributed by atoms with van der Waals surface area (Å²) in [4.78, 5) is 38.3. The van der Waals surface area contributed by atoms with E-state index in [1.807, 2.05) is 108 Å². The Kier molecular flexibility index (Phi) is 15.5. The van der Waals surface area contributed by atoms with Crippen molar-refractivity contribution in [1.29, 1.82) is 0 Å². The van der Waals surface area contributed by atoms with Crippen LogP contribution in [0.2, 0.25) is 0 Å².